The average Bonchev–Trinajstić information content (AvgIpc) is 3.10. The van der Waals surface area contributed by atoms with Crippen molar-refractivity contribution in [1.82, 2.24) is 19.7 Å². The Balaban J connectivity index is 1.35. The van der Waals surface area contributed by atoms with Gasteiger partial charge in [-0.2, -0.15) is 0 Å². The fourth-order valence-corrected chi connectivity index (χ4v) is 4.99. The van der Waals surface area contributed by atoms with Gasteiger partial charge in [0, 0.05) is 60.5 Å². The number of piperidine rings is 1. The number of para-hydroxylation sites is 1. The van der Waals surface area contributed by atoms with Gasteiger partial charge in [-0.15, -0.1) is 0 Å². The van der Waals surface area contributed by atoms with E-state index in [9.17, 15) is 4.79 Å². The van der Waals surface area contributed by atoms with E-state index in [0.29, 0.717) is 0 Å². The van der Waals surface area contributed by atoms with Crippen LogP contribution >= 0.6 is 0 Å². The normalized spacial score (nSPS) is 15.5. The summed E-state index contributed by atoms with van der Waals surface area (Å²) in [5.41, 5.74) is 4.96. The number of nitrogens with one attached hydrogen (secondary N) is 1. The molecule has 0 radical (unpaired) electrons. The molecule has 0 atom stereocenters. The lowest BCUT2D eigenvalue weighted by Gasteiger charge is -2.32. The molecule has 5 heteroatoms. The van der Waals surface area contributed by atoms with Crippen LogP contribution in [0.3, 0.4) is 0 Å². The molecule has 1 fully saturated rings. The Morgan fingerprint density at radius 3 is 2.50 bits per heavy atom. The van der Waals surface area contributed by atoms with E-state index in [2.05, 4.69) is 95.3 Å². The third-order valence-corrected chi connectivity index (χ3v) is 6.85. The van der Waals surface area contributed by atoms with Crippen LogP contribution < -0.4 is 5.32 Å². The fourth-order valence-electron chi connectivity index (χ4n) is 4.99. The maximum absolute atomic E-state index is 12.7. The number of hydrogen-bond donors (Lipinski definition) is 1. The number of fused-ring (bicyclic) bond motifs is 1. The first-order chi connectivity index (χ1) is 16.5. The first-order valence-electron chi connectivity index (χ1n) is 12.5. The van der Waals surface area contributed by atoms with Crippen molar-refractivity contribution >= 4 is 22.9 Å². The van der Waals surface area contributed by atoms with Crippen molar-refractivity contribution in [2.75, 3.05) is 33.7 Å². The van der Waals surface area contributed by atoms with E-state index in [1.165, 1.54) is 22.2 Å². The van der Waals surface area contributed by atoms with Crippen molar-refractivity contribution in [2.24, 2.45) is 0 Å². The van der Waals surface area contributed by atoms with Crippen LogP contribution in [0.2, 0.25) is 0 Å². The molecule has 1 aliphatic heterocycles. The maximum atomic E-state index is 12.7. The lowest BCUT2D eigenvalue weighted by atomic mass is 10.0. The van der Waals surface area contributed by atoms with Crippen LogP contribution in [0.5, 0.6) is 0 Å². The second kappa shape index (κ2) is 11.5. The zero-order valence-electron chi connectivity index (χ0n) is 20.8. The molecule has 180 valence electrons. The van der Waals surface area contributed by atoms with Crippen LogP contribution in [0, 0.1) is 6.92 Å². The Kier molecular flexibility index (Phi) is 8.20. The van der Waals surface area contributed by atoms with Gasteiger partial charge in [-0.1, -0.05) is 48.5 Å². The highest BCUT2D eigenvalue weighted by Crippen LogP contribution is 2.27. The van der Waals surface area contributed by atoms with Gasteiger partial charge in [-0.3, -0.25) is 9.69 Å². The highest BCUT2D eigenvalue weighted by molar-refractivity contribution is 5.97. The molecule has 1 saturated heterocycles. The largest absolute Gasteiger partial charge is 0.350 e. The molecule has 0 aliphatic carbocycles. The number of amides is 1. The predicted molar refractivity (Wildman–Crippen MR) is 142 cm³/mol. The number of carbonyl (C=O) groups is 1. The summed E-state index contributed by atoms with van der Waals surface area (Å²) in [5, 5.41) is 4.44. The van der Waals surface area contributed by atoms with Gasteiger partial charge in [0.25, 0.3) is 0 Å². The molecule has 34 heavy (non-hydrogen) atoms. The fraction of sp³-hybridized carbons (Fsp3) is 0.414. The summed E-state index contributed by atoms with van der Waals surface area (Å²) in [5.74, 6) is 0.00495. The number of aryl methyl sites for hydroxylation is 1. The molecule has 2 aromatic carbocycles. The monoisotopic (exact) mass is 458 g/mol. The Morgan fingerprint density at radius 1 is 1.06 bits per heavy atom. The summed E-state index contributed by atoms with van der Waals surface area (Å²) < 4.78 is 2.39. The number of benzene rings is 2. The molecule has 1 aromatic heterocycles. The van der Waals surface area contributed by atoms with Crippen LogP contribution in [-0.2, 0) is 17.9 Å². The highest BCUT2D eigenvalue weighted by Gasteiger charge is 2.20. The van der Waals surface area contributed by atoms with E-state index in [-0.39, 0.29) is 11.9 Å². The SMILES string of the molecule is Cc1c(/C=C/C(=O)NC2CCN(Cc3ccccc3)CC2)c2ccccc2n1CCCN(C)C. The lowest BCUT2D eigenvalue weighted by molar-refractivity contribution is -0.117. The molecule has 0 bridgehead atoms. The molecule has 0 saturated carbocycles. The zero-order valence-corrected chi connectivity index (χ0v) is 20.8. The van der Waals surface area contributed by atoms with Crippen molar-refractivity contribution in [3.8, 4) is 0 Å². The van der Waals surface area contributed by atoms with Gasteiger partial charge in [0.05, 0.1) is 0 Å². The molecule has 1 amide bonds. The number of aromatic nitrogens is 1. The minimum absolute atomic E-state index is 0.00495. The van der Waals surface area contributed by atoms with Gasteiger partial charge in [0.1, 0.15) is 0 Å². The number of carbonyl (C=O) groups excluding carboxylic acids is 1. The molecular weight excluding hydrogens is 420 g/mol. The Morgan fingerprint density at radius 2 is 1.76 bits per heavy atom. The van der Waals surface area contributed by atoms with Crippen LogP contribution in [0.25, 0.3) is 17.0 Å². The molecule has 1 N–H and O–H groups in total. The van der Waals surface area contributed by atoms with Gasteiger partial charge in [-0.05, 0) is 64.5 Å². The van der Waals surface area contributed by atoms with Gasteiger partial charge in [0.2, 0.25) is 5.91 Å². The first kappa shape index (κ1) is 24.2. The van der Waals surface area contributed by atoms with Crippen molar-refractivity contribution < 1.29 is 4.79 Å². The Labute approximate surface area is 204 Å². The van der Waals surface area contributed by atoms with E-state index in [4.69, 9.17) is 0 Å². The standard InChI is InChI=1S/C29H38N4O/c1-23-26(27-12-7-8-13-28(27)33(23)19-9-18-31(2)3)14-15-29(34)30-25-16-20-32(21-17-25)22-24-10-5-4-6-11-24/h4-8,10-15,25H,9,16-22H2,1-3H3,(H,30,34)/b15-14+. The molecule has 4 rings (SSSR count). The lowest BCUT2D eigenvalue weighted by Crippen LogP contribution is -2.43. The molecule has 0 spiro atoms. The summed E-state index contributed by atoms with van der Waals surface area (Å²) in [6.45, 7) is 7.22. The zero-order chi connectivity index (χ0) is 23.9. The van der Waals surface area contributed by atoms with Gasteiger partial charge in [-0.25, -0.2) is 0 Å². The third kappa shape index (κ3) is 6.16. The number of hydrogen-bond acceptors (Lipinski definition) is 3. The van der Waals surface area contributed by atoms with E-state index < -0.39 is 0 Å². The molecular formula is C29H38N4O. The Bertz CT molecular complexity index is 1110. The van der Waals surface area contributed by atoms with Crippen molar-refractivity contribution in [1.29, 1.82) is 0 Å². The van der Waals surface area contributed by atoms with Crippen LogP contribution in [0.1, 0.15) is 36.1 Å². The van der Waals surface area contributed by atoms with E-state index >= 15 is 0 Å². The average molecular weight is 459 g/mol. The van der Waals surface area contributed by atoms with Gasteiger partial charge >= 0.3 is 0 Å². The van der Waals surface area contributed by atoms with Crippen LogP contribution in [-0.4, -0.2) is 60.0 Å². The Hall–Kier alpha value is -2.89. The quantitative estimate of drug-likeness (QED) is 0.473. The molecule has 5 nitrogen and oxygen atoms in total. The molecule has 2 heterocycles. The summed E-state index contributed by atoms with van der Waals surface area (Å²) in [4.78, 5) is 17.4. The second-order valence-corrected chi connectivity index (χ2v) is 9.70. The van der Waals surface area contributed by atoms with E-state index in [1.54, 1.807) is 6.08 Å². The van der Waals surface area contributed by atoms with Crippen LogP contribution in [0.4, 0.5) is 0 Å². The topological polar surface area (TPSA) is 40.5 Å². The minimum atomic E-state index is 0.00495. The second-order valence-electron chi connectivity index (χ2n) is 9.70. The third-order valence-electron chi connectivity index (χ3n) is 6.85. The van der Waals surface area contributed by atoms with Crippen molar-refractivity contribution in [3.05, 3.63) is 77.5 Å². The van der Waals surface area contributed by atoms with Crippen molar-refractivity contribution in [2.45, 2.75) is 45.3 Å². The number of rotatable bonds is 9. The van der Waals surface area contributed by atoms with E-state index in [0.717, 1.165) is 57.5 Å². The van der Waals surface area contributed by atoms with E-state index in [1.807, 2.05) is 6.08 Å². The summed E-state index contributed by atoms with van der Waals surface area (Å²) in [7, 11) is 4.22. The summed E-state index contributed by atoms with van der Waals surface area (Å²) >= 11 is 0. The summed E-state index contributed by atoms with van der Waals surface area (Å²) in [6.07, 6.45) is 6.81. The minimum Gasteiger partial charge on any atom is -0.350 e. The number of nitrogens with zero attached hydrogens (tertiary/aromatic N) is 3. The smallest absolute Gasteiger partial charge is 0.244 e. The number of likely N-dealkylation sites (tertiary alicyclic amines) is 1. The predicted octanol–water partition coefficient (Wildman–Crippen LogP) is 4.70. The molecule has 0 unspecified atom stereocenters. The van der Waals surface area contributed by atoms with Gasteiger partial charge < -0.3 is 14.8 Å². The highest BCUT2D eigenvalue weighted by atomic mass is 16.1. The van der Waals surface area contributed by atoms with Crippen LogP contribution in [0.15, 0.2) is 60.7 Å². The molecule has 3 aromatic rings. The molecule has 1 aliphatic rings. The first-order valence-corrected chi connectivity index (χ1v) is 12.5. The van der Waals surface area contributed by atoms with Gasteiger partial charge in [0.15, 0.2) is 0 Å². The summed E-state index contributed by atoms with van der Waals surface area (Å²) in [6, 6.07) is 19.4. The van der Waals surface area contributed by atoms with Crippen molar-refractivity contribution in [3.63, 3.8) is 0 Å². The maximum Gasteiger partial charge on any atom is 0.244 e.